The first kappa shape index (κ1) is 7.77. The number of hydrogen-bond donors (Lipinski definition) is 1. The van der Waals surface area contributed by atoms with Crippen LogP contribution in [0.2, 0.25) is 0 Å². The first-order chi connectivity index (χ1) is 5.36. The van der Waals surface area contributed by atoms with Gasteiger partial charge in [0.1, 0.15) is 0 Å². The van der Waals surface area contributed by atoms with Crippen molar-refractivity contribution >= 4 is 27.3 Å². The van der Waals surface area contributed by atoms with E-state index in [1.807, 2.05) is 11.3 Å². The van der Waals surface area contributed by atoms with Crippen LogP contribution in [0.1, 0.15) is 23.8 Å². The van der Waals surface area contributed by atoms with Gasteiger partial charge in [-0.05, 0) is 41.4 Å². The topological polar surface area (TPSA) is 12.0 Å². The highest BCUT2D eigenvalue weighted by Gasteiger charge is 2.16. The van der Waals surface area contributed by atoms with Crippen molar-refractivity contribution in [2.45, 2.75) is 18.9 Å². The molecule has 0 saturated carbocycles. The molecule has 0 amide bonds. The maximum Gasteiger partial charge on any atom is 0.0415 e. The van der Waals surface area contributed by atoms with Crippen LogP contribution in [0, 0.1) is 0 Å². The summed E-state index contributed by atoms with van der Waals surface area (Å²) >= 11 is 5.30. The fraction of sp³-hybridized carbons (Fsp3) is 0.500. The monoisotopic (exact) mass is 231 g/mol. The zero-order valence-electron chi connectivity index (χ0n) is 6.14. The molecule has 0 radical (unpaired) electrons. The minimum Gasteiger partial charge on any atom is -0.309 e. The van der Waals surface area contributed by atoms with Crippen LogP contribution in [0.5, 0.6) is 0 Å². The molecule has 1 N–H and O–H groups in total. The van der Waals surface area contributed by atoms with Gasteiger partial charge in [0.25, 0.3) is 0 Å². The molecule has 0 aliphatic carbocycles. The van der Waals surface area contributed by atoms with Gasteiger partial charge in [0.15, 0.2) is 0 Å². The SMILES string of the molecule is Brc1csc([C@@H]2CCCN2)c1. The van der Waals surface area contributed by atoms with Gasteiger partial charge in [-0.15, -0.1) is 11.3 Å². The predicted molar refractivity (Wildman–Crippen MR) is 52.0 cm³/mol. The second-order valence-electron chi connectivity index (χ2n) is 2.82. The predicted octanol–water partition coefficient (Wildman–Crippen LogP) is 2.94. The van der Waals surface area contributed by atoms with E-state index in [1.54, 1.807) is 0 Å². The Morgan fingerprint density at radius 1 is 1.64 bits per heavy atom. The summed E-state index contributed by atoms with van der Waals surface area (Å²) in [7, 11) is 0. The maximum absolute atomic E-state index is 3.48. The van der Waals surface area contributed by atoms with Crippen LogP contribution in [0.25, 0.3) is 0 Å². The lowest BCUT2D eigenvalue weighted by Gasteiger charge is -2.05. The largest absolute Gasteiger partial charge is 0.309 e. The van der Waals surface area contributed by atoms with E-state index >= 15 is 0 Å². The Kier molecular flexibility index (Phi) is 2.30. The molecular formula is C8H10BrNS. The van der Waals surface area contributed by atoms with Crippen molar-refractivity contribution in [2.24, 2.45) is 0 Å². The van der Waals surface area contributed by atoms with E-state index in [2.05, 4.69) is 32.7 Å². The highest BCUT2D eigenvalue weighted by Crippen LogP contribution is 2.30. The number of nitrogens with one attached hydrogen (secondary N) is 1. The summed E-state index contributed by atoms with van der Waals surface area (Å²) < 4.78 is 1.21. The highest BCUT2D eigenvalue weighted by molar-refractivity contribution is 9.10. The van der Waals surface area contributed by atoms with E-state index in [1.165, 1.54) is 28.7 Å². The summed E-state index contributed by atoms with van der Waals surface area (Å²) in [6.07, 6.45) is 2.62. The third-order valence-corrected chi connectivity index (χ3v) is 3.80. The van der Waals surface area contributed by atoms with Crippen LogP contribution < -0.4 is 5.32 Å². The van der Waals surface area contributed by atoms with E-state index in [0.717, 1.165) is 0 Å². The van der Waals surface area contributed by atoms with Crippen LogP contribution in [0.3, 0.4) is 0 Å². The van der Waals surface area contributed by atoms with Crippen molar-refractivity contribution in [3.63, 3.8) is 0 Å². The highest BCUT2D eigenvalue weighted by atomic mass is 79.9. The van der Waals surface area contributed by atoms with Crippen molar-refractivity contribution in [3.05, 3.63) is 20.8 Å². The van der Waals surface area contributed by atoms with Gasteiger partial charge < -0.3 is 5.32 Å². The van der Waals surface area contributed by atoms with Crippen LogP contribution >= 0.6 is 27.3 Å². The zero-order valence-corrected chi connectivity index (χ0v) is 8.54. The zero-order chi connectivity index (χ0) is 7.68. The molecule has 0 spiro atoms. The van der Waals surface area contributed by atoms with Gasteiger partial charge >= 0.3 is 0 Å². The normalized spacial score (nSPS) is 24.3. The fourth-order valence-corrected chi connectivity index (χ4v) is 2.99. The quantitative estimate of drug-likeness (QED) is 0.784. The molecule has 11 heavy (non-hydrogen) atoms. The Balaban J connectivity index is 2.15. The summed E-state index contributed by atoms with van der Waals surface area (Å²) in [4.78, 5) is 1.47. The van der Waals surface area contributed by atoms with Crippen LogP contribution in [0.4, 0.5) is 0 Å². The number of thiophene rings is 1. The van der Waals surface area contributed by atoms with Gasteiger partial charge in [-0.1, -0.05) is 0 Å². The summed E-state index contributed by atoms with van der Waals surface area (Å²) in [6.45, 7) is 1.18. The lowest BCUT2D eigenvalue weighted by Crippen LogP contribution is -2.11. The molecule has 1 nitrogen and oxygen atoms in total. The molecule has 1 atom stereocenters. The Morgan fingerprint density at radius 2 is 2.55 bits per heavy atom. The lowest BCUT2D eigenvalue weighted by molar-refractivity contribution is 0.659. The molecule has 0 unspecified atom stereocenters. The van der Waals surface area contributed by atoms with E-state index in [0.29, 0.717) is 6.04 Å². The van der Waals surface area contributed by atoms with E-state index < -0.39 is 0 Å². The Bertz CT molecular complexity index is 240. The molecule has 1 aliphatic rings. The summed E-state index contributed by atoms with van der Waals surface area (Å²) in [6, 6.07) is 2.85. The van der Waals surface area contributed by atoms with Crippen LogP contribution in [0.15, 0.2) is 15.9 Å². The number of hydrogen-bond acceptors (Lipinski definition) is 2. The van der Waals surface area contributed by atoms with Crippen molar-refractivity contribution in [1.82, 2.24) is 5.32 Å². The smallest absolute Gasteiger partial charge is 0.0415 e. The Hall–Kier alpha value is 0.140. The molecule has 3 heteroatoms. The maximum atomic E-state index is 3.48. The van der Waals surface area contributed by atoms with Gasteiger partial charge in [0, 0.05) is 20.8 Å². The third-order valence-electron chi connectivity index (χ3n) is 1.99. The minimum absolute atomic E-state index is 0.631. The fourth-order valence-electron chi connectivity index (χ4n) is 1.44. The average molecular weight is 232 g/mol. The molecular weight excluding hydrogens is 222 g/mol. The van der Waals surface area contributed by atoms with Gasteiger partial charge in [-0.3, -0.25) is 0 Å². The first-order valence-electron chi connectivity index (χ1n) is 3.83. The van der Waals surface area contributed by atoms with Gasteiger partial charge in [-0.25, -0.2) is 0 Å². The standard InChI is InChI=1S/C8H10BrNS/c9-6-4-8(11-5-6)7-2-1-3-10-7/h4-5,7,10H,1-3H2/t7-/m0/s1. The van der Waals surface area contributed by atoms with Crippen molar-refractivity contribution in [1.29, 1.82) is 0 Å². The van der Waals surface area contributed by atoms with Crippen LogP contribution in [-0.4, -0.2) is 6.54 Å². The molecule has 1 saturated heterocycles. The lowest BCUT2D eigenvalue weighted by atomic mass is 10.2. The third kappa shape index (κ3) is 1.66. The molecule has 2 rings (SSSR count). The van der Waals surface area contributed by atoms with Gasteiger partial charge in [0.05, 0.1) is 0 Å². The van der Waals surface area contributed by atoms with E-state index in [4.69, 9.17) is 0 Å². The molecule has 1 aromatic heterocycles. The van der Waals surface area contributed by atoms with Crippen molar-refractivity contribution in [3.8, 4) is 0 Å². The Morgan fingerprint density at radius 3 is 3.09 bits per heavy atom. The molecule has 0 aromatic carbocycles. The Labute approximate surface area is 78.9 Å². The summed E-state index contributed by atoms with van der Waals surface area (Å²) in [5.41, 5.74) is 0. The van der Waals surface area contributed by atoms with Crippen molar-refractivity contribution in [2.75, 3.05) is 6.54 Å². The minimum atomic E-state index is 0.631. The van der Waals surface area contributed by atoms with Gasteiger partial charge in [-0.2, -0.15) is 0 Å². The number of rotatable bonds is 1. The van der Waals surface area contributed by atoms with Crippen LogP contribution in [-0.2, 0) is 0 Å². The van der Waals surface area contributed by atoms with Gasteiger partial charge in [0.2, 0.25) is 0 Å². The van der Waals surface area contributed by atoms with E-state index in [-0.39, 0.29) is 0 Å². The molecule has 2 heterocycles. The average Bonchev–Trinajstić information content (AvgIpc) is 2.55. The molecule has 1 fully saturated rings. The summed E-state index contributed by atoms with van der Waals surface area (Å²) in [5.74, 6) is 0. The molecule has 0 bridgehead atoms. The number of halogens is 1. The van der Waals surface area contributed by atoms with E-state index in [9.17, 15) is 0 Å². The van der Waals surface area contributed by atoms with Crippen molar-refractivity contribution < 1.29 is 0 Å². The first-order valence-corrected chi connectivity index (χ1v) is 5.51. The molecule has 1 aliphatic heterocycles. The molecule has 60 valence electrons. The second kappa shape index (κ2) is 3.25. The molecule has 1 aromatic rings. The summed E-state index contributed by atoms with van der Waals surface area (Å²) in [5, 5.41) is 5.62. The second-order valence-corrected chi connectivity index (χ2v) is 4.67.